The van der Waals surface area contributed by atoms with E-state index in [0.717, 1.165) is 24.2 Å². The molecule has 1 aliphatic carbocycles. The quantitative estimate of drug-likeness (QED) is 0.732. The van der Waals surface area contributed by atoms with Gasteiger partial charge < -0.3 is 25.2 Å². The second kappa shape index (κ2) is 7.85. The molecule has 1 amide bonds. The molecule has 1 saturated heterocycles. The number of carbonyl (C=O) groups excluding carboxylic acids is 1. The van der Waals surface area contributed by atoms with E-state index in [1.807, 2.05) is 18.2 Å². The number of ether oxygens (including phenoxy) is 2. The van der Waals surface area contributed by atoms with Gasteiger partial charge in [-0.1, -0.05) is 6.07 Å². The standard InChI is InChI=1S/C18H26N2O4/c1-23-17-8-12(6-7-16(17)24-14-4-2-3-5-14)10-20-18(22)15-9-13(21)11-19-15/h6-8,13-15,19,21H,2-5,9-11H2,1H3,(H,20,22). The van der Waals surface area contributed by atoms with Crippen molar-refractivity contribution in [2.45, 2.75) is 56.9 Å². The minimum Gasteiger partial charge on any atom is -0.493 e. The number of nitrogens with one attached hydrogen (secondary N) is 2. The second-order valence-corrected chi connectivity index (χ2v) is 6.58. The van der Waals surface area contributed by atoms with Crippen molar-refractivity contribution in [1.82, 2.24) is 10.6 Å². The van der Waals surface area contributed by atoms with E-state index in [2.05, 4.69) is 10.6 Å². The van der Waals surface area contributed by atoms with Crippen molar-refractivity contribution in [3.63, 3.8) is 0 Å². The third-order valence-electron chi connectivity index (χ3n) is 4.71. The smallest absolute Gasteiger partial charge is 0.237 e. The summed E-state index contributed by atoms with van der Waals surface area (Å²) in [6.07, 6.45) is 4.95. The number of aliphatic hydroxyl groups is 1. The minimum atomic E-state index is -0.437. The van der Waals surface area contributed by atoms with Crippen molar-refractivity contribution in [2.24, 2.45) is 0 Å². The molecule has 1 saturated carbocycles. The third-order valence-corrected chi connectivity index (χ3v) is 4.71. The Morgan fingerprint density at radius 3 is 2.79 bits per heavy atom. The molecule has 0 radical (unpaired) electrons. The average molecular weight is 334 g/mol. The number of hydrogen-bond acceptors (Lipinski definition) is 5. The lowest BCUT2D eigenvalue weighted by molar-refractivity contribution is -0.123. The first-order valence-electron chi connectivity index (χ1n) is 8.68. The molecule has 1 aliphatic heterocycles. The maximum absolute atomic E-state index is 12.1. The van der Waals surface area contributed by atoms with Crippen LogP contribution in [0.25, 0.3) is 0 Å². The third kappa shape index (κ3) is 4.19. The first-order chi connectivity index (χ1) is 11.7. The fraction of sp³-hybridized carbons (Fsp3) is 0.611. The van der Waals surface area contributed by atoms with Crippen molar-refractivity contribution < 1.29 is 19.4 Å². The highest BCUT2D eigenvalue weighted by molar-refractivity contribution is 5.82. The summed E-state index contributed by atoms with van der Waals surface area (Å²) in [5, 5.41) is 15.4. The van der Waals surface area contributed by atoms with Gasteiger partial charge in [-0.2, -0.15) is 0 Å². The Hall–Kier alpha value is -1.79. The molecule has 24 heavy (non-hydrogen) atoms. The Bertz CT molecular complexity index is 572. The van der Waals surface area contributed by atoms with Crippen LogP contribution in [-0.2, 0) is 11.3 Å². The van der Waals surface area contributed by atoms with E-state index in [4.69, 9.17) is 9.47 Å². The number of methoxy groups -OCH3 is 1. The molecule has 2 atom stereocenters. The molecular formula is C18H26N2O4. The number of benzene rings is 1. The van der Waals surface area contributed by atoms with Crippen molar-refractivity contribution in [2.75, 3.05) is 13.7 Å². The van der Waals surface area contributed by atoms with E-state index in [9.17, 15) is 9.90 Å². The number of β-amino-alcohol motifs (C(OH)–C–C–N with tert-alkyl or cyclic N) is 1. The predicted octanol–water partition coefficient (Wildman–Crippen LogP) is 1.36. The Morgan fingerprint density at radius 2 is 2.12 bits per heavy atom. The molecule has 132 valence electrons. The predicted molar refractivity (Wildman–Crippen MR) is 90.1 cm³/mol. The van der Waals surface area contributed by atoms with Crippen LogP contribution in [0.15, 0.2) is 18.2 Å². The highest BCUT2D eigenvalue weighted by Crippen LogP contribution is 2.32. The van der Waals surface area contributed by atoms with Gasteiger partial charge in [-0.15, -0.1) is 0 Å². The van der Waals surface area contributed by atoms with E-state index in [1.165, 1.54) is 12.8 Å². The maximum Gasteiger partial charge on any atom is 0.237 e. The van der Waals surface area contributed by atoms with Gasteiger partial charge in [0.2, 0.25) is 5.91 Å². The molecular weight excluding hydrogens is 308 g/mol. The molecule has 2 fully saturated rings. The van der Waals surface area contributed by atoms with Gasteiger partial charge in [0, 0.05) is 13.1 Å². The van der Waals surface area contributed by atoms with E-state index >= 15 is 0 Å². The molecule has 3 N–H and O–H groups in total. The monoisotopic (exact) mass is 334 g/mol. The van der Waals surface area contributed by atoms with Crippen molar-refractivity contribution >= 4 is 5.91 Å². The number of hydrogen-bond donors (Lipinski definition) is 3. The number of amides is 1. The molecule has 0 aromatic heterocycles. The summed E-state index contributed by atoms with van der Waals surface area (Å²) < 4.78 is 11.5. The average Bonchev–Trinajstić information content (AvgIpc) is 3.25. The van der Waals surface area contributed by atoms with E-state index in [-0.39, 0.29) is 18.1 Å². The fourth-order valence-electron chi connectivity index (χ4n) is 3.33. The van der Waals surface area contributed by atoms with E-state index in [1.54, 1.807) is 7.11 Å². The zero-order valence-corrected chi connectivity index (χ0v) is 14.1. The van der Waals surface area contributed by atoms with Crippen LogP contribution in [0.5, 0.6) is 11.5 Å². The molecule has 1 aromatic rings. The summed E-state index contributed by atoms with van der Waals surface area (Å²) in [7, 11) is 1.63. The molecule has 0 spiro atoms. The summed E-state index contributed by atoms with van der Waals surface area (Å²) in [5.41, 5.74) is 0.956. The van der Waals surface area contributed by atoms with Crippen LogP contribution >= 0.6 is 0 Å². The van der Waals surface area contributed by atoms with Gasteiger partial charge in [-0.25, -0.2) is 0 Å². The van der Waals surface area contributed by atoms with Crippen LogP contribution in [0, 0.1) is 0 Å². The lowest BCUT2D eigenvalue weighted by Gasteiger charge is -2.17. The largest absolute Gasteiger partial charge is 0.493 e. The van der Waals surface area contributed by atoms with E-state index < -0.39 is 6.10 Å². The van der Waals surface area contributed by atoms with Gasteiger partial charge in [-0.05, 0) is 49.8 Å². The van der Waals surface area contributed by atoms with Gasteiger partial charge in [0.1, 0.15) is 0 Å². The summed E-state index contributed by atoms with van der Waals surface area (Å²) >= 11 is 0. The van der Waals surface area contributed by atoms with Crippen LogP contribution in [0.3, 0.4) is 0 Å². The van der Waals surface area contributed by atoms with Crippen molar-refractivity contribution in [1.29, 1.82) is 0 Å². The summed E-state index contributed by atoms with van der Waals surface area (Å²) in [5.74, 6) is 1.37. The van der Waals surface area contributed by atoms with Crippen LogP contribution < -0.4 is 20.1 Å². The Balaban J connectivity index is 1.56. The fourth-order valence-corrected chi connectivity index (χ4v) is 3.33. The molecule has 6 nitrogen and oxygen atoms in total. The number of rotatable bonds is 6. The molecule has 0 bridgehead atoms. The first kappa shape index (κ1) is 17.0. The Labute approximate surface area is 142 Å². The van der Waals surface area contributed by atoms with Gasteiger partial charge >= 0.3 is 0 Å². The van der Waals surface area contributed by atoms with Gasteiger partial charge in [0.25, 0.3) is 0 Å². The Morgan fingerprint density at radius 1 is 1.33 bits per heavy atom. The van der Waals surface area contributed by atoms with Crippen molar-refractivity contribution in [3.05, 3.63) is 23.8 Å². The summed E-state index contributed by atoms with van der Waals surface area (Å²) in [4.78, 5) is 12.1. The zero-order chi connectivity index (χ0) is 16.9. The van der Waals surface area contributed by atoms with Gasteiger partial charge in [0.15, 0.2) is 11.5 Å². The van der Waals surface area contributed by atoms with Crippen LogP contribution in [0.1, 0.15) is 37.7 Å². The molecule has 6 heteroatoms. The lowest BCUT2D eigenvalue weighted by Crippen LogP contribution is -2.40. The van der Waals surface area contributed by atoms with Crippen LogP contribution in [0.2, 0.25) is 0 Å². The highest BCUT2D eigenvalue weighted by Gasteiger charge is 2.27. The van der Waals surface area contributed by atoms with Crippen molar-refractivity contribution in [3.8, 4) is 11.5 Å². The van der Waals surface area contributed by atoms with Gasteiger partial charge in [-0.3, -0.25) is 4.79 Å². The Kier molecular flexibility index (Phi) is 5.58. The van der Waals surface area contributed by atoms with Crippen LogP contribution in [-0.4, -0.2) is 42.9 Å². The highest BCUT2D eigenvalue weighted by atomic mass is 16.5. The molecule has 1 aromatic carbocycles. The topological polar surface area (TPSA) is 79.8 Å². The van der Waals surface area contributed by atoms with E-state index in [0.29, 0.717) is 25.3 Å². The number of aliphatic hydroxyl groups excluding tert-OH is 1. The summed E-state index contributed by atoms with van der Waals surface area (Å²) in [6, 6.07) is 5.45. The lowest BCUT2D eigenvalue weighted by atomic mass is 10.1. The second-order valence-electron chi connectivity index (χ2n) is 6.58. The zero-order valence-electron chi connectivity index (χ0n) is 14.1. The molecule has 2 aliphatic rings. The maximum atomic E-state index is 12.1. The molecule has 1 heterocycles. The number of carbonyl (C=O) groups is 1. The summed E-state index contributed by atoms with van der Waals surface area (Å²) in [6.45, 7) is 0.895. The first-order valence-corrected chi connectivity index (χ1v) is 8.68. The minimum absolute atomic E-state index is 0.0863. The van der Waals surface area contributed by atoms with Gasteiger partial charge in [0.05, 0.1) is 25.4 Å². The van der Waals surface area contributed by atoms with Crippen LogP contribution in [0.4, 0.5) is 0 Å². The molecule has 2 unspecified atom stereocenters. The molecule has 3 rings (SSSR count). The normalized spacial score (nSPS) is 24.1. The SMILES string of the molecule is COc1cc(CNC(=O)C2CC(O)CN2)ccc1OC1CCCC1.